The maximum absolute atomic E-state index is 12.9. The van der Waals surface area contributed by atoms with Crippen LogP contribution in [-0.4, -0.2) is 44.7 Å². The Kier molecular flexibility index (Phi) is 3.84. The topological polar surface area (TPSA) is 54.3 Å². The normalized spacial score (nSPS) is 20.1. The van der Waals surface area contributed by atoms with E-state index in [1.54, 1.807) is 0 Å². The first kappa shape index (κ1) is 15.3. The molecular formula is C18H23N5O. The van der Waals surface area contributed by atoms with Crippen LogP contribution in [0.5, 0.6) is 0 Å². The van der Waals surface area contributed by atoms with Gasteiger partial charge in [-0.15, -0.1) is 10.2 Å². The molecule has 2 aromatic rings. The molecule has 0 N–H and O–H groups in total. The molecule has 0 bridgehead atoms. The van der Waals surface area contributed by atoms with Crippen LogP contribution in [0.2, 0.25) is 0 Å². The molecular weight excluding hydrogens is 302 g/mol. The van der Waals surface area contributed by atoms with Crippen LogP contribution in [0, 0.1) is 0 Å². The highest BCUT2D eigenvalue weighted by Gasteiger charge is 2.32. The molecule has 0 aliphatic carbocycles. The average molecular weight is 325 g/mol. The Balaban J connectivity index is 1.47. The van der Waals surface area contributed by atoms with E-state index in [2.05, 4.69) is 45.6 Å². The highest BCUT2D eigenvalue weighted by atomic mass is 16.2. The Morgan fingerprint density at radius 2 is 2.08 bits per heavy atom. The summed E-state index contributed by atoms with van der Waals surface area (Å²) in [5.74, 6) is 2.19. The zero-order valence-electron chi connectivity index (χ0n) is 14.3. The highest BCUT2D eigenvalue weighted by molar-refractivity contribution is 5.97. The van der Waals surface area contributed by atoms with Gasteiger partial charge in [-0.25, -0.2) is 0 Å². The second-order valence-corrected chi connectivity index (χ2v) is 6.69. The number of benzene rings is 1. The number of anilines is 1. The molecule has 1 unspecified atom stereocenters. The van der Waals surface area contributed by atoms with Crippen molar-refractivity contribution in [3.8, 4) is 0 Å². The molecule has 1 amide bonds. The number of aromatic nitrogens is 3. The van der Waals surface area contributed by atoms with E-state index in [0.717, 1.165) is 43.3 Å². The zero-order valence-corrected chi connectivity index (χ0v) is 14.3. The molecule has 1 atom stereocenters. The van der Waals surface area contributed by atoms with Crippen molar-refractivity contribution >= 4 is 11.6 Å². The summed E-state index contributed by atoms with van der Waals surface area (Å²) in [6.07, 6.45) is 1.84. The predicted octanol–water partition coefficient (Wildman–Crippen LogP) is 1.63. The minimum Gasteiger partial charge on any atom is -0.313 e. The quantitative estimate of drug-likeness (QED) is 0.861. The standard InChI is InChI=1S/C18H23N5O/c1-3-16-19-20-17-11-21(8-9-22(16)17)12-18(24)23-13(2)10-14-6-4-5-7-15(14)23/h4-7,13H,3,8-12H2,1-2H3. The molecule has 0 saturated heterocycles. The summed E-state index contributed by atoms with van der Waals surface area (Å²) in [5, 5.41) is 8.52. The second kappa shape index (κ2) is 6.02. The Bertz CT molecular complexity index is 769. The zero-order chi connectivity index (χ0) is 16.7. The number of hydrogen-bond donors (Lipinski definition) is 0. The van der Waals surface area contributed by atoms with Crippen molar-refractivity contribution in [3.63, 3.8) is 0 Å². The number of nitrogens with zero attached hydrogens (tertiary/aromatic N) is 5. The van der Waals surface area contributed by atoms with Gasteiger partial charge in [0.1, 0.15) is 11.6 Å². The molecule has 0 spiro atoms. The van der Waals surface area contributed by atoms with E-state index in [0.29, 0.717) is 13.1 Å². The summed E-state index contributed by atoms with van der Waals surface area (Å²) in [7, 11) is 0. The van der Waals surface area contributed by atoms with Crippen LogP contribution in [-0.2, 0) is 30.7 Å². The third-order valence-electron chi connectivity index (χ3n) is 5.06. The first-order valence-electron chi connectivity index (χ1n) is 8.70. The van der Waals surface area contributed by atoms with E-state index in [-0.39, 0.29) is 11.9 Å². The van der Waals surface area contributed by atoms with Gasteiger partial charge in [-0.1, -0.05) is 25.1 Å². The summed E-state index contributed by atoms with van der Waals surface area (Å²) in [6.45, 7) is 7.09. The summed E-state index contributed by atoms with van der Waals surface area (Å²) in [5.41, 5.74) is 2.34. The van der Waals surface area contributed by atoms with Crippen molar-refractivity contribution in [1.82, 2.24) is 19.7 Å². The minimum absolute atomic E-state index is 0.177. The number of rotatable bonds is 3. The highest BCUT2D eigenvalue weighted by Crippen LogP contribution is 2.32. The number of fused-ring (bicyclic) bond motifs is 2. The average Bonchev–Trinajstić information content (AvgIpc) is 3.13. The summed E-state index contributed by atoms with van der Waals surface area (Å²) in [6, 6.07) is 8.45. The van der Waals surface area contributed by atoms with Gasteiger partial charge in [0.05, 0.1) is 13.1 Å². The molecule has 24 heavy (non-hydrogen) atoms. The number of para-hydroxylation sites is 1. The van der Waals surface area contributed by atoms with E-state index < -0.39 is 0 Å². The Hall–Kier alpha value is -2.21. The maximum Gasteiger partial charge on any atom is 0.241 e. The van der Waals surface area contributed by atoms with Crippen LogP contribution in [0.1, 0.15) is 31.1 Å². The van der Waals surface area contributed by atoms with Crippen molar-refractivity contribution in [3.05, 3.63) is 41.5 Å². The van der Waals surface area contributed by atoms with E-state index in [9.17, 15) is 4.79 Å². The van der Waals surface area contributed by atoms with Crippen molar-refractivity contribution < 1.29 is 4.79 Å². The van der Waals surface area contributed by atoms with Gasteiger partial charge in [0.2, 0.25) is 5.91 Å². The number of carbonyl (C=O) groups is 1. The van der Waals surface area contributed by atoms with Gasteiger partial charge in [-0.2, -0.15) is 0 Å². The minimum atomic E-state index is 0.177. The first-order valence-corrected chi connectivity index (χ1v) is 8.70. The predicted molar refractivity (Wildman–Crippen MR) is 91.8 cm³/mol. The third kappa shape index (κ3) is 2.51. The fourth-order valence-electron chi connectivity index (χ4n) is 3.88. The molecule has 0 saturated carbocycles. The van der Waals surface area contributed by atoms with E-state index in [1.165, 1.54) is 5.56 Å². The van der Waals surface area contributed by atoms with E-state index in [4.69, 9.17) is 0 Å². The molecule has 126 valence electrons. The second-order valence-electron chi connectivity index (χ2n) is 6.69. The van der Waals surface area contributed by atoms with E-state index >= 15 is 0 Å². The van der Waals surface area contributed by atoms with Crippen LogP contribution < -0.4 is 4.90 Å². The van der Waals surface area contributed by atoms with Gasteiger partial charge >= 0.3 is 0 Å². The monoisotopic (exact) mass is 325 g/mol. The fraction of sp³-hybridized carbons (Fsp3) is 0.500. The lowest BCUT2D eigenvalue weighted by Crippen LogP contribution is -2.45. The van der Waals surface area contributed by atoms with Crippen LogP contribution in [0.3, 0.4) is 0 Å². The van der Waals surface area contributed by atoms with E-state index in [1.807, 2.05) is 17.0 Å². The van der Waals surface area contributed by atoms with Crippen LogP contribution in [0.4, 0.5) is 5.69 Å². The maximum atomic E-state index is 12.9. The van der Waals surface area contributed by atoms with Gasteiger partial charge in [0, 0.05) is 31.2 Å². The van der Waals surface area contributed by atoms with Crippen molar-refractivity contribution in [2.45, 2.75) is 45.8 Å². The van der Waals surface area contributed by atoms with Gasteiger partial charge in [-0.3, -0.25) is 9.69 Å². The number of amides is 1. The Morgan fingerprint density at radius 1 is 1.25 bits per heavy atom. The molecule has 6 heteroatoms. The lowest BCUT2D eigenvalue weighted by molar-refractivity contribution is -0.120. The summed E-state index contributed by atoms with van der Waals surface area (Å²) >= 11 is 0. The summed E-state index contributed by atoms with van der Waals surface area (Å²) < 4.78 is 2.19. The van der Waals surface area contributed by atoms with Gasteiger partial charge in [0.25, 0.3) is 0 Å². The van der Waals surface area contributed by atoms with Crippen molar-refractivity contribution in [2.75, 3.05) is 18.0 Å². The number of aryl methyl sites for hydroxylation is 1. The number of carbonyl (C=O) groups excluding carboxylic acids is 1. The Morgan fingerprint density at radius 3 is 2.92 bits per heavy atom. The smallest absolute Gasteiger partial charge is 0.241 e. The van der Waals surface area contributed by atoms with Gasteiger partial charge in [-0.05, 0) is 25.0 Å². The largest absolute Gasteiger partial charge is 0.313 e. The van der Waals surface area contributed by atoms with Crippen LogP contribution in [0.25, 0.3) is 0 Å². The molecule has 0 radical (unpaired) electrons. The SMILES string of the molecule is CCc1nnc2n1CCN(CC(=O)N1c3ccccc3CC1C)C2. The number of hydrogen-bond acceptors (Lipinski definition) is 4. The molecule has 3 heterocycles. The Labute approximate surface area is 142 Å². The van der Waals surface area contributed by atoms with Crippen molar-refractivity contribution in [1.29, 1.82) is 0 Å². The molecule has 2 aliphatic heterocycles. The molecule has 0 fully saturated rings. The lowest BCUT2D eigenvalue weighted by Gasteiger charge is -2.30. The fourth-order valence-corrected chi connectivity index (χ4v) is 3.88. The molecule has 4 rings (SSSR count). The van der Waals surface area contributed by atoms with Crippen LogP contribution in [0.15, 0.2) is 24.3 Å². The first-order chi connectivity index (χ1) is 11.7. The van der Waals surface area contributed by atoms with Crippen molar-refractivity contribution in [2.24, 2.45) is 0 Å². The molecule has 1 aromatic carbocycles. The lowest BCUT2D eigenvalue weighted by atomic mass is 10.1. The molecule has 2 aliphatic rings. The molecule has 1 aromatic heterocycles. The van der Waals surface area contributed by atoms with Crippen LogP contribution >= 0.6 is 0 Å². The third-order valence-corrected chi connectivity index (χ3v) is 5.06. The van der Waals surface area contributed by atoms with Gasteiger partial charge in [0.15, 0.2) is 0 Å². The van der Waals surface area contributed by atoms with Gasteiger partial charge < -0.3 is 9.47 Å². The summed E-state index contributed by atoms with van der Waals surface area (Å²) in [4.78, 5) is 17.0. The molecule has 6 nitrogen and oxygen atoms in total.